The zero-order valence-electron chi connectivity index (χ0n) is 9.79. The van der Waals surface area contributed by atoms with Crippen LogP contribution in [0.2, 0.25) is 0 Å². The number of ether oxygens (including phenoxy) is 1. The number of nitrogens with zero attached hydrogens (tertiary/aromatic N) is 1. The van der Waals surface area contributed by atoms with E-state index in [9.17, 15) is 4.39 Å². The van der Waals surface area contributed by atoms with E-state index in [-0.39, 0.29) is 5.82 Å². The predicted octanol–water partition coefficient (Wildman–Crippen LogP) is 1.18. The van der Waals surface area contributed by atoms with Gasteiger partial charge < -0.3 is 15.0 Å². The second-order valence-electron chi connectivity index (χ2n) is 4.70. The summed E-state index contributed by atoms with van der Waals surface area (Å²) in [7, 11) is 0. The number of halogens is 1. The average molecular weight is 236 g/mol. The molecule has 1 atom stereocenters. The molecular weight excluding hydrogens is 219 g/mol. The quantitative estimate of drug-likeness (QED) is 0.834. The van der Waals surface area contributed by atoms with Gasteiger partial charge in [0.05, 0.1) is 13.2 Å². The molecule has 92 valence electrons. The van der Waals surface area contributed by atoms with Crippen LogP contribution in [0.25, 0.3) is 0 Å². The summed E-state index contributed by atoms with van der Waals surface area (Å²) in [5.41, 5.74) is 2.31. The molecule has 0 radical (unpaired) electrons. The van der Waals surface area contributed by atoms with E-state index in [0.717, 1.165) is 45.0 Å². The first-order valence-electron chi connectivity index (χ1n) is 6.17. The van der Waals surface area contributed by atoms with Crippen molar-refractivity contribution in [3.8, 4) is 0 Å². The zero-order chi connectivity index (χ0) is 11.7. The topological polar surface area (TPSA) is 24.5 Å². The normalized spacial score (nSPS) is 23.8. The van der Waals surface area contributed by atoms with Gasteiger partial charge in [0.15, 0.2) is 0 Å². The van der Waals surface area contributed by atoms with Crippen LogP contribution in [0.3, 0.4) is 0 Å². The van der Waals surface area contributed by atoms with Crippen LogP contribution in [-0.4, -0.2) is 38.9 Å². The Morgan fingerprint density at radius 3 is 3.24 bits per heavy atom. The first-order chi connectivity index (χ1) is 8.33. The largest absolute Gasteiger partial charge is 0.378 e. The first kappa shape index (κ1) is 11.0. The molecule has 1 unspecified atom stereocenters. The molecule has 2 heterocycles. The maximum atomic E-state index is 13.2. The Hall–Kier alpha value is -1.13. The van der Waals surface area contributed by atoms with E-state index >= 15 is 0 Å². The van der Waals surface area contributed by atoms with Gasteiger partial charge in [-0.3, -0.25) is 0 Å². The van der Waals surface area contributed by atoms with Crippen LogP contribution >= 0.6 is 0 Å². The van der Waals surface area contributed by atoms with Crippen LogP contribution in [-0.2, 0) is 11.2 Å². The molecule has 0 bridgehead atoms. The van der Waals surface area contributed by atoms with Crippen LogP contribution in [0.5, 0.6) is 0 Å². The lowest BCUT2D eigenvalue weighted by Crippen LogP contribution is -2.48. The van der Waals surface area contributed by atoms with Crippen LogP contribution in [0.4, 0.5) is 10.1 Å². The molecule has 17 heavy (non-hydrogen) atoms. The fourth-order valence-electron chi connectivity index (χ4n) is 2.61. The van der Waals surface area contributed by atoms with Gasteiger partial charge in [0.1, 0.15) is 5.82 Å². The van der Waals surface area contributed by atoms with Crippen molar-refractivity contribution in [2.45, 2.75) is 12.5 Å². The lowest BCUT2D eigenvalue weighted by Gasteiger charge is -2.29. The van der Waals surface area contributed by atoms with Gasteiger partial charge in [0, 0.05) is 31.4 Å². The third-order valence-corrected chi connectivity index (χ3v) is 3.48. The van der Waals surface area contributed by atoms with Crippen molar-refractivity contribution in [2.75, 3.05) is 37.7 Å². The molecule has 0 aromatic heterocycles. The third kappa shape index (κ3) is 2.28. The molecule has 2 aliphatic rings. The van der Waals surface area contributed by atoms with Crippen LogP contribution < -0.4 is 10.2 Å². The van der Waals surface area contributed by atoms with E-state index in [2.05, 4.69) is 10.2 Å². The Kier molecular flexibility index (Phi) is 2.99. The highest BCUT2D eigenvalue weighted by atomic mass is 19.1. The summed E-state index contributed by atoms with van der Waals surface area (Å²) in [4.78, 5) is 2.25. The maximum Gasteiger partial charge on any atom is 0.125 e. The van der Waals surface area contributed by atoms with E-state index in [1.807, 2.05) is 6.07 Å². The van der Waals surface area contributed by atoms with Gasteiger partial charge in [-0.05, 0) is 24.1 Å². The molecule has 3 nitrogen and oxygen atoms in total. The Morgan fingerprint density at radius 1 is 1.47 bits per heavy atom. The Balaban J connectivity index is 1.72. The molecule has 4 heteroatoms. The fourth-order valence-corrected chi connectivity index (χ4v) is 2.61. The van der Waals surface area contributed by atoms with Gasteiger partial charge in [0.25, 0.3) is 0 Å². The van der Waals surface area contributed by atoms with Gasteiger partial charge in [-0.15, -0.1) is 0 Å². The number of nitrogens with one attached hydrogen (secondary N) is 1. The van der Waals surface area contributed by atoms with Crippen molar-refractivity contribution < 1.29 is 9.13 Å². The first-order valence-corrected chi connectivity index (χ1v) is 6.17. The Bertz CT molecular complexity index is 404. The molecule has 0 saturated carbocycles. The minimum absolute atomic E-state index is 0.150. The maximum absolute atomic E-state index is 13.2. The predicted molar refractivity (Wildman–Crippen MR) is 64.9 cm³/mol. The molecule has 0 amide bonds. The van der Waals surface area contributed by atoms with E-state index in [1.54, 1.807) is 12.1 Å². The third-order valence-electron chi connectivity index (χ3n) is 3.48. The van der Waals surface area contributed by atoms with Gasteiger partial charge >= 0.3 is 0 Å². The van der Waals surface area contributed by atoms with Crippen molar-refractivity contribution in [2.24, 2.45) is 0 Å². The summed E-state index contributed by atoms with van der Waals surface area (Å²) in [5, 5.41) is 3.43. The van der Waals surface area contributed by atoms with Crippen LogP contribution in [0.15, 0.2) is 18.2 Å². The molecule has 0 spiro atoms. The number of morpholine rings is 1. The molecule has 0 aliphatic carbocycles. The van der Waals surface area contributed by atoms with Crippen molar-refractivity contribution in [1.82, 2.24) is 5.32 Å². The smallest absolute Gasteiger partial charge is 0.125 e. The minimum atomic E-state index is -0.150. The highest BCUT2D eigenvalue weighted by Gasteiger charge is 2.23. The Labute approximate surface area is 101 Å². The summed E-state index contributed by atoms with van der Waals surface area (Å²) in [6, 6.07) is 5.45. The average Bonchev–Trinajstić information content (AvgIpc) is 2.73. The van der Waals surface area contributed by atoms with Crippen molar-refractivity contribution >= 4 is 5.69 Å². The van der Waals surface area contributed by atoms with Gasteiger partial charge in [-0.2, -0.15) is 0 Å². The lowest BCUT2D eigenvalue weighted by atomic mass is 10.1. The van der Waals surface area contributed by atoms with Gasteiger partial charge in [-0.1, -0.05) is 6.07 Å². The summed E-state index contributed by atoms with van der Waals surface area (Å²) in [6.45, 7) is 4.34. The van der Waals surface area contributed by atoms with Crippen LogP contribution in [0.1, 0.15) is 5.56 Å². The lowest BCUT2D eigenvalue weighted by molar-refractivity contribution is 0.0789. The summed E-state index contributed by atoms with van der Waals surface area (Å²) in [6.07, 6.45) is 1.02. The van der Waals surface area contributed by atoms with Crippen LogP contribution in [0, 0.1) is 5.82 Å². The zero-order valence-corrected chi connectivity index (χ0v) is 9.79. The molecular formula is C13H17FN2O. The number of fused-ring (bicyclic) bond motifs is 1. The van der Waals surface area contributed by atoms with Crippen molar-refractivity contribution in [3.05, 3.63) is 29.6 Å². The van der Waals surface area contributed by atoms with Gasteiger partial charge in [0.2, 0.25) is 0 Å². The van der Waals surface area contributed by atoms with E-state index in [4.69, 9.17) is 4.74 Å². The number of hydrogen-bond acceptors (Lipinski definition) is 3. The minimum Gasteiger partial charge on any atom is -0.378 e. The summed E-state index contributed by atoms with van der Waals surface area (Å²) < 4.78 is 18.7. The Morgan fingerprint density at radius 2 is 2.41 bits per heavy atom. The fraction of sp³-hybridized carbons (Fsp3) is 0.538. The SMILES string of the molecule is Fc1ccc2c(c1)N(CC1COCCN1)CC2. The summed E-state index contributed by atoms with van der Waals surface area (Å²) >= 11 is 0. The number of benzene rings is 1. The summed E-state index contributed by atoms with van der Waals surface area (Å²) in [5.74, 6) is -0.150. The highest BCUT2D eigenvalue weighted by Crippen LogP contribution is 2.28. The van der Waals surface area contributed by atoms with E-state index in [1.165, 1.54) is 5.56 Å². The monoisotopic (exact) mass is 236 g/mol. The standard InChI is InChI=1S/C13H17FN2O/c14-11-2-1-10-3-5-16(13(10)7-11)8-12-9-17-6-4-15-12/h1-2,7,12,15H,3-6,8-9H2. The molecule has 1 aromatic rings. The highest BCUT2D eigenvalue weighted by molar-refractivity contribution is 5.58. The number of rotatable bonds is 2. The molecule has 1 saturated heterocycles. The number of anilines is 1. The second-order valence-corrected chi connectivity index (χ2v) is 4.70. The van der Waals surface area contributed by atoms with Gasteiger partial charge in [-0.25, -0.2) is 4.39 Å². The molecule has 1 aromatic carbocycles. The van der Waals surface area contributed by atoms with E-state index < -0.39 is 0 Å². The molecule has 1 N–H and O–H groups in total. The molecule has 2 aliphatic heterocycles. The van der Waals surface area contributed by atoms with Crippen molar-refractivity contribution in [1.29, 1.82) is 0 Å². The molecule has 3 rings (SSSR count). The second kappa shape index (κ2) is 4.63. The number of hydrogen-bond donors (Lipinski definition) is 1. The molecule has 1 fully saturated rings. The van der Waals surface area contributed by atoms with E-state index in [0.29, 0.717) is 6.04 Å². The van der Waals surface area contributed by atoms with Crippen molar-refractivity contribution in [3.63, 3.8) is 0 Å².